The van der Waals surface area contributed by atoms with Crippen molar-refractivity contribution in [1.29, 1.82) is 0 Å². The molecule has 0 atom stereocenters. The van der Waals surface area contributed by atoms with Gasteiger partial charge in [0.1, 0.15) is 0 Å². The third-order valence-corrected chi connectivity index (χ3v) is 2.44. The predicted molar refractivity (Wildman–Crippen MR) is 53.5 cm³/mol. The molecule has 2 aliphatic rings. The summed E-state index contributed by atoms with van der Waals surface area (Å²) in [7, 11) is 0. The summed E-state index contributed by atoms with van der Waals surface area (Å²) in [5.74, 6) is 0. The predicted octanol–water partition coefficient (Wildman–Crippen LogP) is 1.65. The molecular formula is C10H7N3O2. The first kappa shape index (κ1) is 8.05. The molecule has 0 aromatic carbocycles. The lowest BCUT2D eigenvalue weighted by molar-refractivity contribution is 0.175. The summed E-state index contributed by atoms with van der Waals surface area (Å²) >= 11 is 0. The Bertz CT molecular complexity index is 537. The molecule has 2 aliphatic heterocycles. The number of carboxylic acid groups (broad SMARTS) is 1. The van der Waals surface area contributed by atoms with Crippen molar-refractivity contribution in [2.75, 3.05) is 0 Å². The second kappa shape index (κ2) is 2.60. The van der Waals surface area contributed by atoms with Gasteiger partial charge in [0.2, 0.25) is 0 Å². The van der Waals surface area contributed by atoms with Crippen LogP contribution in [0.2, 0.25) is 0 Å². The van der Waals surface area contributed by atoms with Gasteiger partial charge >= 0.3 is 6.09 Å². The molecule has 5 heteroatoms. The molecule has 3 rings (SSSR count). The molecule has 0 fully saturated rings. The highest BCUT2D eigenvalue weighted by molar-refractivity contribution is 5.91. The van der Waals surface area contributed by atoms with E-state index >= 15 is 0 Å². The lowest BCUT2D eigenvalue weighted by Crippen LogP contribution is -2.30. The van der Waals surface area contributed by atoms with E-state index in [1.807, 2.05) is 6.08 Å². The minimum atomic E-state index is -0.989. The largest absolute Gasteiger partial charge is 0.464 e. The van der Waals surface area contributed by atoms with Crippen LogP contribution in [0.1, 0.15) is 11.3 Å². The van der Waals surface area contributed by atoms with E-state index in [1.54, 1.807) is 24.4 Å². The number of H-pyrrole nitrogens is 1. The van der Waals surface area contributed by atoms with E-state index in [9.17, 15) is 4.79 Å². The number of amides is 1. The van der Waals surface area contributed by atoms with Crippen LogP contribution in [-0.2, 0) is 0 Å². The first-order valence-corrected chi connectivity index (χ1v) is 4.44. The molecule has 0 saturated carbocycles. The average molecular weight is 201 g/mol. The van der Waals surface area contributed by atoms with Crippen LogP contribution in [0.3, 0.4) is 0 Å². The van der Waals surface area contributed by atoms with Crippen LogP contribution < -0.4 is 0 Å². The number of nitrogens with one attached hydrogen (secondary N) is 1. The topological polar surface area (TPSA) is 69.2 Å². The number of hydrogen-bond acceptors (Lipinski definition) is 2. The van der Waals surface area contributed by atoms with Gasteiger partial charge in [0.15, 0.2) is 0 Å². The van der Waals surface area contributed by atoms with Crippen molar-refractivity contribution >= 4 is 17.9 Å². The van der Waals surface area contributed by atoms with E-state index in [1.165, 1.54) is 4.90 Å². The van der Waals surface area contributed by atoms with Crippen LogP contribution >= 0.6 is 0 Å². The van der Waals surface area contributed by atoms with Gasteiger partial charge < -0.3 is 5.11 Å². The van der Waals surface area contributed by atoms with E-state index in [0.717, 1.165) is 11.3 Å². The fraction of sp³-hybridized carbons (Fsp3) is 0. The molecule has 5 nitrogen and oxygen atoms in total. The van der Waals surface area contributed by atoms with Gasteiger partial charge in [-0.1, -0.05) is 6.08 Å². The normalized spacial score (nSPS) is 16.9. The van der Waals surface area contributed by atoms with Crippen molar-refractivity contribution < 1.29 is 9.90 Å². The summed E-state index contributed by atoms with van der Waals surface area (Å²) in [4.78, 5) is 12.3. The van der Waals surface area contributed by atoms with Crippen LogP contribution in [0.5, 0.6) is 0 Å². The molecular weight excluding hydrogens is 194 g/mol. The minimum Gasteiger partial charge on any atom is -0.464 e. The zero-order chi connectivity index (χ0) is 10.4. The zero-order valence-corrected chi connectivity index (χ0v) is 7.64. The molecule has 0 spiro atoms. The van der Waals surface area contributed by atoms with E-state index in [2.05, 4.69) is 10.2 Å². The Morgan fingerprint density at radius 2 is 2.40 bits per heavy atom. The summed E-state index contributed by atoms with van der Waals surface area (Å²) in [5, 5.41) is 15.8. The van der Waals surface area contributed by atoms with Gasteiger partial charge in [0, 0.05) is 5.56 Å². The van der Waals surface area contributed by atoms with Crippen LogP contribution in [-0.4, -0.2) is 26.3 Å². The maximum absolute atomic E-state index is 11.1. The van der Waals surface area contributed by atoms with Crippen molar-refractivity contribution in [1.82, 2.24) is 15.1 Å². The number of allylic oxidation sites excluding steroid dienone is 3. The van der Waals surface area contributed by atoms with Crippen LogP contribution in [0.25, 0.3) is 11.8 Å². The number of aromatic amines is 1. The van der Waals surface area contributed by atoms with Crippen molar-refractivity contribution in [2.45, 2.75) is 0 Å². The Labute approximate surface area is 85.0 Å². The summed E-state index contributed by atoms with van der Waals surface area (Å²) in [6.07, 6.45) is 7.82. The number of fused-ring (bicyclic) bond motifs is 4. The lowest BCUT2D eigenvalue weighted by Gasteiger charge is -2.28. The minimum absolute atomic E-state index is 0.620. The second-order valence-electron chi connectivity index (χ2n) is 3.30. The highest BCUT2D eigenvalue weighted by Gasteiger charge is 2.29. The number of hydrogen-bond donors (Lipinski definition) is 2. The molecule has 2 bridgehead atoms. The highest BCUT2D eigenvalue weighted by Crippen LogP contribution is 2.34. The fourth-order valence-electron chi connectivity index (χ4n) is 1.82. The van der Waals surface area contributed by atoms with Crippen LogP contribution in [0.15, 0.2) is 30.1 Å². The summed E-state index contributed by atoms with van der Waals surface area (Å²) in [6.45, 7) is 0. The van der Waals surface area contributed by atoms with Gasteiger partial charge in [-0.05, 0) is 18.2 Å². The van der Waals surface area contributed by atoms with Crippen molar-refractivity contribution in [3.05, 3.63) is 41.4 Å². The summed E-state index contributed by atoms with van der Waals surface area (Å²) < 4.78 is 0. The van der Waals surface area contributed by atoms with Crippen molar-refractivity contribution in [3.63, 3.8) is 0 Å². The summed E-state index contributed by atoms with van der Waals surface area (Å²) in [5.41, 5.74) is 2.92. The molecule has 1 aromatic rings. The third kappa shape index (κ3) is 0.969. The smallest absolute Gasteiger partial charge is 0.416 e. The molecule has 1 aromatic heterocycles. The van der Waals surface area contributed by atoms with Crippen molar-refractivity contribution in [3.8, 4) is 0 Å². The van der Waals surface area contributed by atoms with Gasteiger partial charge in [-0.25, -0.2) is 9.69 Å². The van der Waals surface area contributed by atoms with Gasteiger partial charge in [0.25, 0.3) is 0 Å². The number of rotatable bonds is 0. The quantitative estimate of drug-likeness (QED) is 0.670. The Hall–Kier alpha value is -2.30. The first-order chi connectivity index (χ1) is 7.27. The molecule has 0 saturated heterocycles. The second-order valence-corrected chi connectivity index (χ2v) is 3.30. The first-order valence-electron chi connectivity index (χ1n) is 4.44. The number of aromatic nitrogens is 2. The molecule has 74 valence electrons. The maximum atomic E-state index is 11.1. The Morgan fingerprint density at radius 1 is 1.53 bits per heavy atom. The third-order valence-electron chi connectivity index (χ3n) is 2.44. The molecule has 3 heterocycles. The molecule has 15 heavy (non-hydrogen) atoms. The van der Waals surface area contributed by atoms with E-state index < -0.39 is 6.09 Å². The molecule has 1 amide bonds. The van der Waals surface area contributed by atoms with Crippen LogP contribution in [0.4, 0.5) is 4.79 Å². The molecule has 0 aliphatic carbocycles. The standard InChI is InChI=1S/C10H7N3O2/c14-10(15)13-7-2-1-3-8(13)9-6(4-7)5-11-12-9/h1-5H,(H,11,12)(H,14,15). The number of carbonyl (C=O) groups is 1. The zero-order valence-electron chi connectivity index (χ0n) is 7.64. The monoisotopic (exact) mass is 201 g/mol. The Kier molecular flexibility index (Phi) is 1.39. The molecule has 0 radical (unpaired) electrons. The fourth-order valence-corrected chi connectivity index (χ4v) is 1.82. The summed E-state index contributed by atoms with van der Waals surface area (Å²) in [6, 6.07) is 0. The van der Waals surface area contributed by atoms with E-state index in [-0.39, 0.29) is 0 Å². The Balaban J connectivity index is 2.27. The number of nitrogens with zero attached hydrogens (tertiary/aromatic N) is 2. The van der Waals surface area contributed by atoms with Crippen molar-refractivity contribution in [2.24, 2.45) is 0 Å². The van der Waals surface area contributed by atoms with E-state index in [0.29, 0.717) is 11.4 Å². The van der Waals surface area contributed by atoms with Gasteiger partial charge in [0.05, 0.1) is 23.3 Å². The Morgan fingerprint density at radius 3 is 3.20 bits per heavy atom. The molecule has 0 unspecified atom stereocenters. The van der Waals surface area contributed by atoms with Gasteiger partial charge in [-0.15, -0.1) is 0 Å². The van der Waals surface area contributed by atoms with Crippen LogP contribution in [0, 0.1) is 0 Å². The average Bonchev–Trinajstić information content (AvgIpc) is 2.64. The van der Waals surface area contributed by atoms with Gasteiger partial charge in [-0.2, -0.15) is 5.10 Å². The lowest BCUT2D eigenvalue weighted by atomic mass is 10.0. The van der Waals surface area contributed by atoms with Gasteiger partial charge in [-0.3, -0.25) is 5.10 Å². The SMILES string of the molecule is O=C(O)N1C2=Cc3cn[nH]c3C1=CC=C2. The highest BCUT2D eigenvalue weighted by atomic mass is 16.4. The van der Waals surface area contributed by atoms with E-state index in [4.69, 9.17) is 5.11 Å². The maximum Gasteiger partial charge on any atom is 0.416 e. The molecule has 2 N–H and O–H groups in total.